The second-order valence-corrected chi connectivity index (χ2v) is 4.08. The second-order valence-electron chi connectivity index (χ2n) is 4.08. The molecule has 0 atom stereocenters. The third-order valence-electron chi connectivity index (χ3n) is 2.90. The third-order valence-corrected chi connectivity index (χ3v) is 2.90. The molecule has 0 radical (unpaired) electrons. The van der Waals surface area contributed by atoms with Crippen LogP contribution in [0.1, 0.15) is 23.7 Å². The molecule has 0 unspecified atom stereocenters. The fourth-order valence-electron chi connectivity index (χ4n) is 1.81. The van der Waals surface area contributed by atoms with E-state index in [1.807, 2.05) is 24.9 Å². The van der Waals surface area contributed by atoms with Crippen molar-refractivity contribution >= 4 is 0 Å². The molecular weight excluding hydrogens is 212 g/mol. The van der Waals surface area contributed by atoms with Crippen LogP contribution in [0.15, 0.2) is 31.0 Å². The largest absolute Gasteiger partial charge is 0.334 e. The summed E-state index contributed by atoms with van der Waals surface area (Å²) in [6.45, 7) is 6.88. The van der Waals surface area contributed by atoms with Crippen LogP contribution in [-0.2, 0) is 19.6 Å². The van der Waals surface area contributed by atoms with Gasteiger partial charge in [0.1, 0.15) is 0 Å². The van der Waals surface area contributed by atoms with Crippen LogP contribution in [0.5, 0.6) is 0 Å². The van der Waals surface area contributed by atoms with Gasteiger partial charge in [-0.15, -0.1) is 0 Å². The number of pyridine rings is 1. The zero-order valence-corrected chi connectivity index (χ0v) is 10.3. The van der Waals surface area contributed by atoms with Crippen molar-refractivity contribution in [2.75, 3.05) is 0 Å². The first-order chi connectivity index (χ1) is 8.31. The number of nitrogens with one attached hydrogen (secondary N) is 1. The molecule has 4 nitrogen and oxygen atoms in total. The Morgan fingerprint density at radius 2 is 2.12 bits per heavy atom. The van der Waals surface area contributed by atoms with Crippen molar-refractivity contribution in [2.45, 2.75) is 33.5 Å². The molecule has 0 aromatic carbocycles. The summed E-state index contributed by atoms with van der Waals surface area (Å²) in [5, 5.41) is 3.43. The normalized spacial score (nSPS) is 10.7. The van der Waals surface area contributed by atoms with Gasteiger partial charge < -0.3 is 9.88 Å². The van der Waals surface area contributed by atoms with Gasteiger partial charge in [-0.05, 0) is 31.0 Å². The standard InChI is InChI=1S/C13H18N4/c1-3-17-10-16-9-13(17)8-15-7-12-4-5-14-6-11(12)2/h4-6,9-10,15H,3,7-8H2,1-2H3. The lowest BCUT2D eigenvalue weighted by molar-refractivity contribution is 0.627. The molecular formula is C13H18N4. The molecule has 2 heterocycles. The Kier molecular flexibility index (Phi) is 3.88. The maximum Gasteiger partial charge on any atom is 0.0948 e. The fourth-order valence-corrected chi connectivity index (χ4v) is 1.81. The average Bonchev–Trinajstić information content (AvgIpc) is 2.79. The number of imidazole rings is 1. The molecule has 0 saturated heterocycles. The molecule has 0 aliphatic rings. The Labute approximate surface area is 102 Å². The SMILES string of the molecule is CCn1cncc1CNCc1ccncc1C. The molecule has 0 spiro atoms. The maximum absolute atomic E-state index is 4.15. The summed E-state index contributed by atoms with van der Waals surface area (Å²) >= 11 is 0. The number of nitrogens with zero attached hydrogens (tertiary/aromatic N) is 3. The Bertz CT molecular complexity index is 476. The van der Waals surface area contributed by atoms with Crippen molar-refractivity contribution < 1.29 is 0 Å². The first-order valence-corrected chi connectivity index (χ1v) is 5.90. The summed E-state index contributed by atoms with van der Waals surface area (Å²) < 4.78 is 2.15. The summed E-state index contributed by atoms with van der Waals surface area (Å²) in [4.78, 5) is 8.24. The summed E-state index contributed by atoms with van der Waals surface area (Å²) in [6, 6.07) is 2.06. The Hall–Kier alpha value is -1.68. The van der Waals surface area contributed by atoms with E-state index in [1.54, 1.807) is 0 Å². The molecule has 0 saturated carbocycles. The minimum absolute atomic E-state index is 0.843. The molecule has 0 bridgehead atoms. The van der Waals surface area contributed by atoms with Crippen LogP contribution < -0.4 is 5.32 Å². The molecule has 2 aromatic heterocycles. The molecule has 90 valence electrons. The van der Waals surface area contributed by atoms with E-state index in [0.717, 1.165) is 19.6 Å². The van der Waals surface area contributed by atoms with Gasteiger partial charge in [-0.1, -0.05) is 0 Å². The maximum atomic E-state index is 4.15. The predicted molar refractivity (Wildman–Crippen MR) is 67.4 cm³/mol. The van der Waals surface area contributed by atoms with Crippen molar-refractivity contribution in [2.24, 2.45) is 0 Å². The van der Waals surface area contributed by atoms with Gasteiger partial charge in [0.2, 0.25) is 0 Å². The van der Waals surface area contributed by atoms with E-state index in [9.17, 15) is 0 Å². The van der Waals surface area contributed by atoms with E-state index < -0.39 is 0 Å². The van der Waals surface area contributed by atoms with Crippen LogP contribution in [0, 0.1) is 6.92 Å². The fraction of sp³-hybridized carbons (Fsp3) is 0.385. The van der Waals surface area contributed by atoms with E-state index >= 15 is 0 Å². The minimum Gasteiger partial charge on any atom is -0.334 e. The van der Waals surface area contributed by atoms with Gasteiger partial charge in [0, 0.05) is 38.2 Å². The van der Waals surface area contributed by atoms with Crippen molar-refractivity contribution in [3.63, 3.8) is 0 Å². The summed E-state index contributed by atoms with van der Waals surface area (Å²) in [5.74, 6) is 0. The summed E-state index contributed by atoms with van der Waals surface area (Å²) in [5.41, 5.74) is 3.74. The van der Waals surface area contributed by atoms with Crippen LogP contribution in [0.3, 0.4) is 0 Å². The summed E-state index contributed by atoms with van der Waals surface area (Å²) in [6.07, 6.45) is 7.51. The van der Waals surface area contributed by atoms with Crippen molar-refractivity contribution in [1.82, 2.24) is 19.9 Å². The highest BCUT2D eigenvalue weighted by atomic mass is 15.1. The van der Waals surface area contributed by atoms with Gasteiger partial charge >= 0.3 is 0 Å². The second kappa shape index (κ2) is 5.59. The van der Waals surface area contributed by atoms with Gasteiger partial charge in [0.15, 0.2) is 0 Å². The molecule has 2 aromatic rings. The average molecular weight is 230 g/mol. The smallest absolute Gasteiger partial charge is 0.0948 e. The van der Waals surface area contributed by atoms with Crippen molar-refractivity contribution in [3.05, 3.63) is 47.8 Å². The molecule has 0 fully saturated rings. The van der Waals surface area contributed by atoms with Gasteiger partial charge in [0.25, 0.3) is 0 Å². The van der Waals surface area contributed by atoms with Crippen LogP contribution in [0.25, 0.3) is 0 Å². The van der Waals surface area contributed by atoms with Crippen LogP contribution in [-0.4, -0.2) is 14.5 Å². The Balaban J connectivity index is 1.90. The topological polar surface area (TPSA) is 42.7 Å². The predicted octanol–water partition coefficient (Wildman–Crippen LogP) is 1.90. The zero-order valence-electron chi connectivity index (χ0n) is 10.3. The first kappa shape index (κ1) is 11.8. The number of hydrogen-bond donors (Lipinski definition) is 1. The van der Waals surface area contributed by atoms with E-state index in [1.165, 1.54) is 16.8 Å². The molecule has 0 aliphatic carbocycles. The highest BCUT2D eigenvalue weighted by molar-refractivity contribution is 5.21. The van der Waals surface area contributed by atoms with Crippen molar-refractivity contribution in [1.29, 1.82) is 0 Å². The third kappa shape index (κ3) is 2.91. The Morgan fingerprint density at radius 3 is 2.88 bits per heavy atom. The zero-order chi connectivity index (χ0) is 12.1. The molecule has 17 heavy (non-hydrogen) atoms. The monoisotopic (exact) mass is 230 g/mol. The van der Waals surface area contributed by atoms with Crippen LogP contribution in [0.4, 0.5) is 0 Å². The minimum atomic E-state index is 0.843. The van der Waals surface area contributed by atoms with Gasteiger partial charge in [0.05, 0.1) is 12.0 Å². The lowest BCUT2D eigenvalue weighted by Crippen LogP contribution is -2.16. The lowest BCUT2D eigenvalue weighted by Gasteiger charge is -2.08. The first-order valence-electron chi connectivity index (χ1n) is 5.90. The molecule has 0 amide bonds. The van der Waals surface area contributed by atoms with Crippen LogP contribution >= 0.6 is 0 Å². The van der Waals surface area contributed by atoms with E-state index in [-0.39, 0.29) is 0 Å². The summed E-state index contributed by atoms with van der Waals surface area (Å²) in [7, 11) is 0. The van der Waals surface area contributed by atoms with Gasteiger partial charge in [-0.25, -0.2) is 4.98 Å². The highest BCUT2D eigenvalue weighted by Crippen LogP contribution is 2.05. The number of rotatable bonds is 5. The van der Waals surface area contributed by atoms with Gasteiger partial charge in [-0.2, -0.15) is 0 Å². The number of aryl methyl sites for hydroxylation is 2. The molecule has 2 rings (SSSR count). The number of hydrogen-bond acceptors (Lipinski definition) is 3. The van der Waals surface area contributed by atoms with Crippen LogP contribution in [0.2, 0.25) is 0 Å². The molecule has 0 aliphatic heterocycles. The van der Waals surface area contributed by atoms with E-state index in [4.69, 9.17) is 0 Å². The van der Waals surface area contributed by atoms with E-state index in [2.05, 4.69) is 39.8 Å². The lowest BCUT2D eigenvalue weighted by atomic mass is 10.1. The number of aromatic nitrogens is 3. The van der Waals surface area contributed by atoms with E-state index in [0.29, 0.717) is 0 Å². The molecule has 1 N–H and O–H groups in total. The Morgan fingerprint density at radius 1 is 1.24 bits per heavy atom. The van der Waals surface area contributed by atoms with Crippen molar-refractivity contribution in [3.8, 4) is 0 Å². The van der Waals surface area contributed by atoms with Gasteiger partial charge in [-0.3, -0.25) is 4.98 Å². The highest BCUT2D eigenvalue weighted by Gasteiger charge is 2.01. The quantitative estimate of drug-likeness (QED) is 0.853. The molecule has 4 heteroatoms.